The van der Waals surface area contributed by atoms with E-state index >= 15 is 0 Å². The molecule has 26 heavy (non-hydrogen) atoms. The fourth-order valence-electron chi connectivity index (χ4n) is 3.07. The van der Waals surface area contributed by atoms with Crippen LogP contribution in [-0.2, 0) is 4.79 Å². The van der Waals surface area contributed by atoms with Crippen LogP contribution < -0.4 is 10.6 Å². The minimum atomic E-state index is -0.0204. The Labute approximate surface area is 155 Å². The second-order valence-corrected chi connectivity index (χ2v) is 6.44. The van der Waals surface area contributed by atoms with Crippen LogP contribution in [0.4, 0.5) is 5.69 Å². The van der Waals surface area contributed by atoms with Gasteiger partial charge in [0.1, 0.15) is 0 Å². The molecule has 3 aromatic carbocycles. The van der Waals surface area contributed by atoms with Crippen LogP contribution in [0.3, 0.4) is 0 Å². The summed E-state index contributed by atoms with van der Waals surface area (Å²) < 4.78 is 0. The molecule has 3 aromatic rings. The van der Waals surface area contributed by atoms with Crippen LogP contribution >= 0.6 is 0 Å². The highest BCUT2D eigenvalue weighted by Gasteiger charge is 2.14. The van der Waals surface area contributed by atoms with Gasteiger partial charge in [0.2, 0.25) is 5.91 Å². The third-order valence-corrected chi connectivity index (χ3v) is 4.41. The Morgan fingerprint density at radius 2 is 1.23 bits per heavy atom. The molecular formula is C23H24N2O. The van der Waals surface area contributed by atoms with Gasteiger partial charge >= 0.3 is 0 Å². The van der Waals surface area contributed by atoms with Crippen molar-refractivity contribution in [1.29, 1.82) is 0 Å². The molecule has 132 valence electrons. The summed E-state index contributed by atoms with van der Waals surface area (Å²) in [6.45, 7) is 3.53. The van der Waals surface area contributed by atoms with E-state index in [2.05, 4.69) is 83.4 Å². The van der Waals surface area contributed by atoms with E-state index in [1.54, 1.807) is 0 Å². The summed E-state index contributed by atoms with van der Waals surface area (Å²) in [4.78, 5) is 11.2. The molecule has 2 N–H and O–H groups in total. The summed E-state index contributed by atoms with van der Waals surface area (Å²) in [5, 5.41) is 6.54. The Morgan fingerprint density at radius 1 is 0.731 bits per heavy atom. The van der Waals surface area contributed by atoms with Gasteiger partial charge < -0.3 is 10.6 Å². The maximum absolute atomic E-state index is 11.2. The number of hydrogen-bond acceptors (Lipinski definition) is 2. The van der Waals surface area contributed by atoms with E-state index in [4.69, 9.17) is 0 Å². The van der Waals surface area contributed by atoms with Crippen molar-refractivity contribution < 1.29 is 4.79 Å². The first-order valence-electron chi connectivity index (χ1n) is 8.87. The standard InChI is InChI=1S/C23H24N2O/c1-17(24-18(2)26)19-13-15-22(16-14-19)25-23(20-9-5-3-6-10-20)21-11-7-4-8-12-21/h3-17,23,25H,1-2H3,(H,24,26)/t17-/m1/s1. The number of carbonyl (C=O) groups is 1. The molecule has 3 rings (SSSR count). The van der Waals surface area contributed by atoms with E-state index < -0.39 is 0 Å². The molecular weight excluding hydrogens is 320 g/mol. The number of benzene rings is 3. The van der Waals surface area contributed by atoms with Crippen molar-refractivity contribution in [3.8, 4) is 0 Å². The molecule has 0 spiro atoms. The predicted octanol–water partition coefficient (Wildman–Crippen LogP) is 5.09. The van der Waals surface area contributed by atoms with Gasteiger partial charge in [-0.3, -0.25) is 4.79 Å². The van der Waals surface area contributed by atoms with Gasteiger partial charge in [0.15, 0.2) is 0 Å². The molecule has 0 bridgehead atoms. The second kappa shape index (κ2) is 8.34. The van der Waals surface area contributed by atoms with E-state index in [1.807, 2.05) is 19.1 Å². The van der Waals surface area contributed by atoms with Crippen LogP contribution in [0, 0.1) is 0 Å². The monoisotopic (exact) mass is 344 g/mol. The molecule has 0 aliphatic heterocycles. The van der Waals surface area contributed by atoms with E-state index in [9.17, 15) is 4.79 Å². The molecule has 0 saturated heterocycles. The van der Waals surface area contributed by atoms with Crippen LogP contribution in [-0.4, -0.2) is 5.91 Å². The molecule has 3 nitrogen and oxygen atoms in total. The number of hydrogen-bond donors (Lipinski definition) is 2. The van der Waals surface area contributed by atoms with Crippen molar-refractivity contribution in [2.45, 2.75) is 25.9 Å². The van der Waals surface area contributed by atoms with Crippen molar-refractivity contribution in [3.05, 3.63) is 102 Å². The van der Waals surface area contributed by atoms with Gasteiger partial charge in [-0.1, -0.05) is 72.8 Å². The highest BCUT2D eigenvalue weighted by atomic mass is 16.1. The number of nitrogens with one attached hydrogen (secondary N) is 2. The van der Waals surface area contributed by atoms with Gasteiger partial charge in [-0.2, -0.15) is 0 Å². The SMILES string of the molecule is CC(=O)N[C@H](C)c1ccc(NC(c2ccccc2)c2ccccc2)cc1. The number of amides is 1. The molecule has 0 saturated carbocycles. The first-order valence-corrected chi connectivity index (χ1v) is 8.87. The normalized spacial score (nSPS) is 11.8. The fraction of sp³-hybridized carbons (Fsp3) is 0.174. The summed E-state index contributed by atoms with van der Waals surface area (Å²) in [6.07, 6.45) is 0. The number of carbonyl (C=O) groups excluding carboxylic acids is 1. The zero-order chi connectivity index (χ0) is 18.4. The Balaban J connectivity index is 1.82. The van der Waals surface area contributed by atoms with Crippen molar-refractivity contribution >= 4 is 11.6 Å². The summed E-state index contributed by atoms with van der Waals surface area (Å²) in [5.41, 5.74) is 4.56. The molecule has 1 atom stereocenters. The maximum Gasteiger partial charge on any atom is 0.217 e. The van der Waals surface area contributed by atoms with E-state index in [0.29, 0.717) is 0 Å². The first kappa shape index (κ1) is 17.7. The van der Waals surface area contributed by atoms with Crippen LogP contribution in [0.5, 0.6) is 0 Å². The molecule has 0 heterocycles. The lowest BCUT2D eigenvalue weighted by molar-refractivity contribution is -0.119. The van der Waals surface area contributed by atoms with E-state index in [0.717, 1.165) is 11.3 Å². The summed E-state index contributed by atoms with van der Waals surface area (Å²) >= 11 is 0. The van der Waals surface area contributed by atoms with Crippen molar-refractivity contribution in [3.63, 3.8) is 0 Å². The van der Waals surface area contributed by atoms with Gasteiger partial charge in [0, 0.05) is 12.6 Å². The largest absolute Gasteiger partial charge is 0.374 e. The summed E-state index contributed by atoms with van der Waals surface area (Å²) in [6, 6.07) is 29.2. The van der Waals surface area contributed by atoms with Crippen LogP contribution in [0.2, 0.25) is 0 Å². The molecule has 3 heteroatoms. The minimum Gasteiger partial charge on any atom is -0.374 e. The molecule has 0 unspecified atom stereocenters. The average Bonchev–Trinajstić information content (AvgIpc) is 2.67. The molecule has 0 aliphatic carbocycles. The Hall–Kier alpha value is -3.07. The Morgan fingerprint density at radius 3 is 1.69 bits per heavy atom. The van der Waals surface area contributed by atoms with Crippen LogP contribution in [0.15, 0.2) is 84.9 Å². The van der Waals surface area contributed by atoms with Gasteiger partial charge in [0.25, 0.3) is 0 Å². The van der Waals surface area contributed by atoms with Gasteiger partial charge in [-0.05, 0) is 35.7 Å². The lowest BCUT2D eigenvalue weighted by atomic mass is 9.98. The van der Waals surface area contributed by atoms with Crippen LogP contribution in [0.1, 0.15) is 42.6 Å². The van der Waals surface area contributed by atoms with Crippen molar-refractivity contribution in [2.75, 3.05) is 5.32 Å². The van der Waals surface area contributed by atoms with Gasteiger partial charge in [-0.25, -0.2) is 0 Å². The van der Waals surface area contributed by atoms with Crippen LogP contribution in [0.25, 0.3) is 0 Å². The zero-order valence-corrected chi connectivity index (χ0v) is 15.1. The quantitative estimate of drug-likeness (QED) is 0.654. The average molecular weight is 344 g/mol. The summed E-state index contributed by atoms with van der Waals surface area (Å²) in [5.74, 6) is -0.0204. The smallest absolute Gasteiger partial charge is 0.217 e. The molecule has 0 aliphatic rings. The third-order valence-electron chi connectivity index (χ3n) is 4.41. The number of rotatable bonds is 6. The lowest BCUT2D eigenvalue weighted by Crippen LogP contribution is -2.23. The summed E-state index contributed by atoms with van der Waals surface area (Å²) in [7, 11) is 0. The lowest BCUT2D eigenvalue weighted by Gasteiger charge is -2.22. The van der Waals surface area contributed by atoms with Crippen molar-refractivity contribution in [2.24, 2.45) is 0 Å². The maximum atomic E-state index is 11.2. The zero-order valence-electron chi connectivity index (χ0n) is 15.1. The Kier molecular flexibility index (Phi) is 5.69. The second-order valence-electron chi connectivity index (χ2n) is 6.44. The topological polar surface area (TPSA) is 41.1 Å². The van der Waals surface area contributed by atoms with E-state index in [1.165, 1.54) is 18.1 Å². The molecule has 1 amide bonds. The molecule has 0 fully saturated rings. The fourth-order valence-corrected chi connectivity index (χ4v) is 3.07. The first-order chi connectivity index (χ1) is 12.6. The number of anilines is 1. The Bertz CT molecular complexity index is 790. The molecule has 0 aromatic heterocycles. The minimum absolute atomic E-state index is 0.000550. The van der Waals surface area contributed by atoms with Crippen molar-refractivity contribution in [1.82, 2.24) is 5.32 Å². The third kappa shape index (κ3) is 4.51. The predicted molar refractivity (Wildman–Crippen MR) is 107 cm³/mol. The van der Waals surface area contributed by atoms with E-state index in [-0.39, 0.29) is 18.0 Å². The molecule has 0 radical (unpaired) electrons. The highest BCUT2D eigenvalue weighted by Crippen LogP contribution is 2.27. The van der Waals surface area contributed by atoms with Gasteiger partial charge in [0.05, 0.1) is 12.1 Å². The highest BCUT2D eigenvalue weighted by molar-refractivity contribution is 5.73. The van der Waals surface area contributed by atoms with Gasteiger partial charge in [-0.15, -0.1) is 0 Å².